The lowest BCUT2D eigenvalue weighted by Crippen LogP contribution is -2.30. The number of aryl methyl sites for hydroxylation is 1. The average molecular weight is 245 g/mol. The van der Waals surface area contributed by atoms with E-state index >= 15 is 0 Å². The van der Waals surface area contributed by atoms with Crippen LogP contribution in [0.5, 0.6) is 0 Å². The second-order valence-corrected chi connectivity index (χ2v) is 6.20. The molecule has 0 saturated carbocycles. The van der Waals surface area contributed by atoms with E-state index in [9.17, 15) is 0 Å². The Bertz CT molecular complexity index is 307. The van der Waals surface area contributed by atoms with Crippen molar-refractivity contribution >= 4 is 22.9 Å². The summed E-state index contributed by atoms with van der Waals surface area (Å²) in [7, 11) is 0. The summed E-state index contributed by atoms with van der Waals surface area (Å²) in [6, 6.07) is 4.29. The molecule has 0 aliphatic carbocycles. The Kier molecular flexibility index (Phi) is 3.39. The Morgan fingerprint density at radius 3 is 2.93 bits per heavy atom. The first kappa shape index (κ1) is 11.4. The van der Waals surface area contributed by atoms with E-state index in [1.165, 1.54) is 4.88 Å². The van der Waals surface area contributed by atoms with Crippen LogP contribution in [0.15, 0.2) is 17.5 Å². The van der Waals surface area contributed by atoms with Gasteiger partial charge in [0.1, 0.15) is 0 Å². The molecular formula is C12H17ClOS. The maximum Gasteiger partial charge on any atom is 0.0793 e. The maximum absolute atomic E-state index is 6.39. The molecule has 2 atom stereocenters. The van der Waals surface area contributed by atoms with Gasteiger partial charge in [-0.15, -0.1) is 22.9 Å². The maximum atomic E-state index is 6.39. The summed E-state index contributed by atoms with van der Waals surface area (Å²) in [6.45, 7) is 4.97. The Morgan fingerprint density at radius 1 is 1.60 bits per heavy atom. The summed E-state index contributed by atoms with van der Waals surface area (Å²) >= 11 is 8.21. The summed E-state index contributed by atoms with van der Waals surface area (Å²) in [5, 5.41) is 2.28. The molecular weight excluding hydrogens is 228 g/mol. The van der Waals surface area contributed by atoms with Gasteiger partial charge >= 0.3 is 0 Å². The first-order valence-electron chi connectivity index (χ1n) is 5.40. The average Bonchev–Trinajstić information content (AvgIpc) is 2.76. The van der Waals surface area contributed by atoms with Crippen molar-refractivity contribution in [3.8, 4) is 0 Å². The lowest BCUT2D eigenvalue weighted by molar-refractivity contribution is 0.0364. The molecule has 1 nitrogen and oxygen atoms in total. The lowest BCUT2D eigenvalue weighted by Gasteiger charge is -2.22. The number of rotatable bonds is 3. The number of alkyl halides is 1. The van der Waals surface area contributed by atoms with Crippen molar-refractivity contribution in [2.45, 2.75) is 37.7 Å². The minimum absolute atomic E-state index is 0.150. The lowest BCUT2D eigenvalue weighted by atomic mass is 9.93. The van der Waals surface area contributed by atoms with Crippen molar-refractivity contribution in [3.63, 3.8) is 0 Å². The Balaban J connectivity index is 1.86. The van der Waals surface area contributed by atoms with Crippen molar-refractivity contribution in [2.24, 2.45) is 5.92 Å². The third-order valence-corrected chi connectivity index (χ3v) is 4.91. The SMILES string of the molecule is CC1(C)OCC(CCc2cccs2)C1Cl. The molecule has 15 heavy (non-hydrogen) atoms. The zero-order valence-corrected chi connectivity index (χ0v) is 10.8. The van der Waals surface area contributed by atoms with Gasteiger partial charge in [0.2, 0.25) is 0 Å². The van der Waals surface area contributed by atoms with E-state index < -0.39 is 0 Å². The Labute approximate surface area is 100 Å². The van der Waals surface area contributed by atoms with E-state index in [1.807, 2.05) is 11.3 Å². The van der Waals surface area contributed by atoms with Gasteiger partial charge < -0.3 is 4.74 Å². The van der Waals surface area contributed by atoms with Crippen LogP contribution < -0.4 is 0 Å². The minimum Gasteiger partial charge on any atom is -0.374 e. The molecule has 0 bridgehead atoms. The summed E-state index contributed by atoms with van der Waals surface area (Å²) in [4.78, 5) is 1.45. The van der Waals surface area contributed by atoms with Crippen molar-refractivity contribution in [1.29, 1.82) is 0 Å². The van der Waals surface area contributed by atoms with E-state index in [-0.39, 0.29) is 11.0 Å². The third kappa shape index (κ3) is 2.55. The van der Waals surface area contributed by atoms with Crippen molar-refractivity contribution in [3.05, 3.63) is 22.4 Å². The highest BCUT2D eigenvalue weighted by atomic mass is 35.5. The third-order valence-electron chi connectivity index (χ3n) is 3.09. The molecule has 2 unspecified atom stereocenters. The van der Waals surface area contributed by atoms with Crippen LogP contribution in [0.1, 0.15) is 25.1 Å². The number of hydrogen-bond acceptors (Lipinski definition) is 2. The van der Waals surface area contributed by atoms with Gasteiger partial charge in [-0.1, -0.05) is 6.07 Å². The highest BCUT2D eigenvalue weighted by Gasteiger charge is 2.41. The highest BCUT2D eigenvalue weighted by Crippen LogP contribution is 2.36. The monoisotopic (exact) mass is 244 g/mol. The largest absolute Gasteiger partial charge is 0.374 e. The molecule has 0 radical (unpaired) electrons. The fraction of sp³-hybridized carbons (Fsp3) is 0.667. The second kappa shape index (κ2) is 4.44. The number of ether oxygens (including phenoxy) is 1. The first-order chi connectivity index (χ1) is 7.09. The quantitative estimate of drug-likeness (QED) is 0.737. The molecule has 0 N–H and O–H groups in total. The van der Waals surface area contributed by atoms with Crippen LogP contribution in [0.3, 0.4) is 0 Å². The fourth-order valence-electron chi connectivity index (χ4n) is 2.07. The summed E-state index contributed by atoms with van der Waals surface area (Å²) < 4.78 is 5.71. The molecule has 1 aliphatic heterocycles. The van der Waals surface area contributed by atoms with Gasteiger partial charge in [-0.25, -0.2) is 0 Å². The number of hydrogen-bond donors (Lipinski definition) is 0. The van der Waals surface area contributed by atoms with Gasteiger partial charge in [-0.05, 0) is 38.1 Å². The number of thiophene rings is 1. The van der Waals surface area contributed by atoms with E-state index in [4.69, 9.17) is 16.3 Å². The minimum atomic E-state index is -0.151. The van der Waals surface area contributed by atoms with Crippen LogP contribution in [-0.2, 0) is 11.2 Å². The first-order valence-corrected chi connectivity index (χ1v) is 6.71. The molecule has 0 aromatic carbocycles. The van der Waals surface area contributed by atoms with Crippen molar-refractivity contribution in [2.75, 3.05) is 6.61 Å². The van der Waals surface area contributed by atoms with Gasteiger partial charge in [0.25, 0.3) is 0 Å². The highest BCUT2D eigenvalue weighted by molar-refractivity contribution is 7.09. The van der Waals surface area contributed by atoms with E-state index in [0.29, 0.717) is 5.92 Å². The smallest absolute Gasteiger partial charge is 0.0793 e. The molecule has 2 heterocycles. The molecule has 0 amide bonds. The molecule has 2 rings (SSSR count). The van der Waals surface area contributed by atoms with Crippen molar-refractivity contribution < 1.29 is 4.74 Å². The predicted octanol–water partition coefficient (Wildman–Crippen LogP) is 3.71. The van der Waals surface area contributed by atoms with E-state index in [0.717, 1.165) is 19.4 Å². The number of halogens is 1. The van der Waals surface area contributed by atoms with Crippen LogP contribution in [-0.4, -0.2) is 17.6 Å². The van der Waals surface area contributed by atoms with Crippen LogP contribution in [0.4, 0.5) is 0 Å². The van der Waals surface area contributed by atoms with Crippen LogP contribution in [0.25, 0.3) is 0 Å². The summed E-state index contributed by atoms with van der Waals surface area (Å²) in [5.74, 6) is 0.503. The molecule has 0 spiro atoms. The fourth-order valence-corrected chi connectivity index (χ4v) is 3.05. The Hall–Kier alpha value is -0.0500. The van der Waals surface area contributed by atoms with Gasteiger partial charge in [-0.2, -0.15) is 0 Å². The van der Waals surface area contributed by atoms with Crippen LogP contribution >= 0.6 is 22.9 Å². The van der Waals surface area contributed by atoms with Gasteiger partial charge in [0, 0.05) is 10.8 Å². The molecule has 1 aromatic rings. The summed E-state index contributed by atoms with van der Waals surface area (Å²) in [6.07, 6.45) is 2.27. The van der Waals surface area contributed by atoms with E-state index in [1.54, 1.807) is 0 Å². The van der Waals surface area contributed by atoms with Crippen LogP contribution in [0.2, 0.25) is 0 Å². The van der Waals surface area contributed by atoms with Gasteiger partial charge in [-0.3, -0.25) is 0 Å². The predicted molar refractivity (Wildman–Crippen MR) is 65.8 cm³/mol. The zero-order chi connectivity index (χ0) is 10.9. The van der Waals surface area contributed by atoms with E-state index in [2.05, 4.69) is 31.4 Å². The molecule has 3 heteroatoms. The van der Waals surface area contributed by atoms with Gasteiger partial charge in [0.15, 0.2) is 0 Å². The van der Waals surface area contributed by atoms with Crippen LogP contribution in [0, 0.1) is 5.92 Å². The molecule has 1 saturated heterocycles. The Morgan fingerprint density at radius 2 is 2.40 bits per heavy atom. The van der Waals surface area contributed by atoms with Crippen molar-refractivity contribution in [1.82, 2.24) is 0 Å². The second-order valence-electron chi connectivity index (χ2n) is 4.69. The molecule has 84 valence electrons. The standard InChI is InChI=1S/C12H17ClOS/c1-12(2)11(13)9(8-14-12)5-6-10-4-3-7-15-10/h3-4,7,9,11H,5-6,8H2,1-2H3. The van der Waals surface area contributed by atoms with Gasteiger partial charge in [0.05, 0.1) is 17.6 Å². The topological polar surface area (TPSA) is 9.23 Å². The zero-order valence-electron chi connectivity index (χ0n) is 9.20. The summed E-state index contributed by atoms with van der Waals surface area (Å²) in [5.41, 5.74) is -0.151. The molecule has 1 fully saturated rings. The molecule has 1 aliphatic rings. The molecule has 1 aromatic heterocycles. The normalized spacial score (nSPS) is 29.5.